The summed E-state index contributed by atoms with van der Waals surface area (Å²) in [6.07, 6.45) is 1.40. The van der Waals surface area contributed by atoms with E-state index in [2.05, 4.69) is 0 Å². The van der Waals surface area contributed by atoms with Crippen LogP contribution < -0.4 is 5.73 Å². The highest BCUT2D eigenvalue weighted by Crippen LogP contribution is 2.11. The van der Waals surface area contributed by atoms with E-state index in [9.17, 15) is 9.59 Å². The SMILES string of the molecule is NC(=O)CSC(=O)c1ccco1. The lowest BCUT2D eigenvalue weighted by molar-refractivity contribution is -0.115. The van der Waals surface area contributed by atoms with Crippen molar-refractivity contribution in [2.45, 2.75) is 0 Å². The summed E-state index contributed by atoms with van der Waals surface area (Å²) >= 11 is 0.835. The number of amides is 1. The second kappa shape index (κ2) is 3.96. The number of furan rings is 1. The zero-order valence-electron chi connectivity index (χ0n) is 6.15. The first-order chi connectivity index (χ1) is 5.70. The molecular weight excluding hydrogens is 178 g/mol. The second-order valence-electron chi connectivity index (χ2n) is 2.02. The zero-order chi connectivity index (χ0) is 8.97. The number of nitrogens with two attached hydrogens (primary N) is 1. The largest absolute Gasteiger partial charge is 0.460 e. The fraction of sp³-hybridized carbons (Fsp3) is 0.143. The van der Waals surface area contributed by atoms with Crippen molar-refractivity contribution in [3.63, 3.8) is 0 Å². The summed E-state index contributed by atoms with van der Waals surface area (Å²) in [5.74, 6) is -0.291. The van der Waals surface area contributed by atoms with Gasteiger partial charge in [-0.25, -0.2) is 0 Å². The Balaban J connectivity index is 2.45. The minimum absolute atomic E-state index is 0.0144. The van der Waals surface area contributed by atoms with E-state index in [0.29, 0.717) is 0 Å². The maximum absolute atomic E-state index is 11.1. The van der Waals surface area contributed by atoms with E-state index in [1.807, 2.05) is 0 Å². The summed E-state index contributed by atoms with van der Waals surface area (Å²) < 4.78 is 4.81. The molecule has 1 aromatic heterocycles. The molecule has 0 saturated heterocycles. The van der Waals surface area contributed by atoms with Gasteiger partial charge >= 0.3 is 0 Å². The van der Waals surface area contributed by atoms with Gasteiger partial charge in [0.1, 0.15) is 0 Å². The highest BCUT2D eigenvalue weighted by atomic mass is 32.2. The first kappa shape index (κ1) is 8.86. The van der Waals surface area contributed by atoms with Crippen molar-refractivity contribution in [3.8, 4) is 0 Å². The van der Waals surface area contributed by atoms with Gasteiger partial charge in [-0.3, -0.25) is 9.59 Å². The van der Waals surface area contributed by atoms with Crippen LogP contribution in [-0.2, 0) is 4.79 Å². The van der Waals surface area contributed by atoms with Crippen molar-refractivity contribution in [1.82, 2.24) is 0 Å². The smallest absolute Gasteiger partial charge is 0.255 e. The van der Waals surface area contributed by atoms with Crippen molar-refractivity contribution in [3.05, 3.63) is 24.2 Å². The Morgan fingerprint density at radius 3 is 2.83 bits per heavy atom. The van der Waals surface area contributed by atoms with Crippen LogP contribution in [0.3, 0.4) is 0 Å². The first-order valence-corrected chi connectivity index (χ1v) is 4.17. The van der Waals surface area contributed by atoms with Gasteiger partial charge in [0.25, 0.3) is 5.12 Å². The number of thioether (sulfide) groups is 1. The summed E-state index contributed by atoms with van der Waals surface area (Å²) in [7, 11) is 0. The Hall–Kier alpha value is -1.23. The lowest BCUT2D eigenvalue weighted by Crippen LogP contribution is -2.14. The summed E-state index contributed by atoms with van der Waals surface area (Å²) in [4.78, 5) is 21.4. The molecule has 1 heterocycles. The first-order valence-electron chi connectivity index (χ1n) is 3.19. The van der Waals surface area contributed by atoms with E-state index in [4.69, 9.17) is 10.2 Å². The van der Waals surface area contributed by atoms with Gasteiger partial charge in [0, 0.05) is 0 Å². The molecule has 5 heteroatoms. The minimum atomic E-state index is -0.514. The molecular formula is C7H7NO3S. The third-order valence-electron chi connectivity index (χ3n) is 1.07. The minimum Gasteiger partial charge on any atom is -0.460 e. The molecule has 0 atom stereocenters. The van der Waals surface area contributed by atoms with E-state index in [1.165, 1.54) is 12.3 Å². The van der Waals surface area contributed by atoms with Crippen LogP contribution in [0.25, 0.3) is 0 Å². The predicted octanol–water partition coefficient (Wildman–Crippen LogP) is 0.638. The van der Waals surface area contributed by atoms with Gasteiger partial charge in [-0.1, -0.05) is 11.8 Å². The van der Waals surface area contributed by atoms with Gasteiger partial charge in [0.2, 0.25) is 5.91 Å². The molecule has 1 rings (SSSR count). The quantitative estimate of drug-likeness (QED) is 0.749. The van der Waals surface area contributed by atoms with Crippen molar-refractivity contribution in [1.29, 1.82) is 0 Å². The summed E-state index contributed by atoms with van der Waals surface area (Å²) in [5, 5.41) is -0.279. The van der Waals surface area contributed by atoms with E-state index in [0.717, 1.165) is 11.8 Å². The third kappa shape index (κ3) is 2.43. The average Bonchev–Trinajstić information content (AvgIpc) is 2.51. The van der Waals surface area contributed by atoms with Crippen molar-refractivity contribution >= 4 is 22.8 Å². The number of rotatable bonds is 3. The third-order valence-corrected chi connectivity index (χ3v) is 1.96. The molecule has 0 unspecified atom stereocenters. The Kier molecular flexibility index (Phi) is 2.93. The fourth-order valence-electron chi connectivity index (χ4n) is 0.603. The van der Waals surface area contributed by atoms with Crippen LogP contribution in [0.15, 0.2) is 22.8 Å². The van der Waals surface area contributed by atoms with Gasteiger partial charge in [0.05, 0.1) is 12.0 Å². The van der Waals surface area contributed by atoms with Gasteiger partial charge in [-0.05, 0) is 12.1 Å². The fourth-order valence-corrected chi connectivity index (χ4v) is 1.13. The molecule has 12 heavy (non-hydrogen) atoms. The second-order valence-corrected chi connectivity index (χ2v) is 2.97. The molecule has 0 saturated carbocycles. The van der Waals surface area contributed by atoms with Crippen LogP contribution in [0, 0.1) is 0 Å². The van der Waals surface area contributed by atoms with E-state index >= 15 is 0 Å². The lowest BCUT2D eigenvalue weighted by Gasteiger charge is -1.92. The number of hydrogen-bond acceptors (Lipinski definition) is 4. The molecule has 0 fully saturated rings. The molecule has 1 amide bonds. The molecule has 0 aromatic carbocycles. The van der Waals surface area contributed by atoms with E-state index < -0.39 is 5.91 Å². The number of carbonyl (C=O) groups excluding carboxylic acids is 2. The molecule has 0 bridgehead atoms. The average molecular weight is 185 g/mol. The number of hydrogen-bond donors (Lipinski definition) is 1. The normalized spacial score (nSPS) is 9.67. The standard InChI is InChI=1S/C7H7NO3S/c8-6(9)4-12-7(10)5-2-1-3-11-5/h1-3H,4H2,(H2,8,9). The van der Waals surface area contributed by atoms with Gasteiger partial charge in [-0.15, -0.1) is 0 Å². The topological polar surface area (TPSA) is 73.3 Å². The molecule has 4 nitrogen and oxygen atoms in total. The van der Waals surface area contributed by atoms with Crippen LogP contribution in [-0.4, -0.2) is 16.8 Å². The zero-order valence-corrected chi connectivity index (χ0v) is 6.97. The maximum atomic E-state index is 11.1. The number of carbonyl (C=O) groups is 2. The van der Waals surface area contributed by atoms with E-state index in [1.54, 1.807) is 6.07 Å². The van der Waals surface area contributed by atoms with Crippen LogP contribution >= 0.6 is 11.8 Å². The maximum Gasteiger partial charge on any atom is 0.255 e. The predicted molar refractivity (Wildman–Crippen MR) is 44.7 cm³/mol. The van der Waals surface area contributed by atoms with Gasteiger partial charge < -0.3 is 10.2 Å². The van der Waals surface area contributed by atoms with Crippen molar-refractivity contribution in [2.24, 2.45) is 5.73 Å². The summed E-state index contributed by atoms with van der Waals surface area (Å²) in [6.45, 7) is 0. The molecule has 0 aliphatic heterocycles. The molecule has 0 aliphatic carbocycles. The van der Waals surface area contributed by atoms with Crippen LogP contribution in [0.2, 0.25) is 0 Å². The molecule has 0 aliphatic rings. The molecule has 1 aromatic rings. The van der Waals surface area contributed by atoms with Crippen LogP contribution in [0.5, 0.6) is 0 Å². The van der Waals surface area contributed by atoms with Crippen LogP contribution in [0.1, 0.15) is 10.6 Å². The Morgan fingerprint density at radius 2 is 2.33 bits per heavy atom. The highest BCUT2D eigenvalue weighted by molar-refractivity contribution is 8.14. The van der Waals surface area contributed by atoms with E-state index in [-0.39, 0.29) is 16.6 Å². The van der Waals surface area contributed by atoms with Crippen molar-refractivity contribution < 1.29 is 14.0 Å². The van der Waals surface area contributed by atoms with Crippen molar-refractivity contribution in [2.75, 3.05) is 5.75 Å². The summed E-state index contributed by atoms with van der Waals surface area (Å²) in [6, 6.07) is 3.15. The van der Waals surface area contributed by atoms with Crippen LogP contribution in [0.4, 0.5) is 0 Å². The Bertz CT molecular complexity index is 281. The van der Waals surface area contributed by atoms with Gasteiger partial charge in [-0.2, -0.15) is 0 Å². The Labute approximate surface area is 73.1 Å². The number of primary amides is 1. The Morgan fingerprint density at radius 1 is 1.58 bits per heavy atom. The molecule has 2 N–H and O–H groups in total. The summed E-state index contributed by atoms with van der Waals surface area (Å²) in [5.41, 5.74) is 4.85. The molecule has 0 spiro atoms. The highest BCUT2D eigenvalue weighted by Gasteiger charge is 2.09. The van der Waals surface area contributed by atoms with Gasteiger partial charge in [0.15, 0.2) is 5.76 Å². The molecule has 0 radical (unpaired) electrons. The lowest BCUT2D eigenvalue weighted by atomic mass is 10.5. The monoisotopic (exact) mass is 185 g/mol. The molecule has 64 valence electrons.